The fourth-order valence-corrected chi connectivity index (χ4v) is 4.26. The zero-order chi connectivity index (χ0) is 26.6. The number of aryl methyl sites for hydroxylation is 1. The standard InChI is InChI=1S/C27H25N5O4S/c1-18(31-26(33)25-19(2)28-15-16-29-25)23-17-21-10-7-9-20(11-8-14-30-37(3,35)36)24(21)27(34)32(23)22-12-5-4-6-13-22/h4-7,9-10,12-13,15-18,30H,14H2,1-3H3,(H,31,33)/t18-/m1/s1. The lowest BCUT2D eigenvalue weighted by atomic mass is 10.0. The number of carbonyl (C=O) groups excluding carboxylic acids is 1. The largest absolute Gasteiger partial charge is 0.343 e. The molecule has 2 aromatic carbocycles. The van der Waals surface area contributed by atoms with Gasteiger partial charge in [0.2, 0.25) is 10.0 Å². The maximum atomic E-state index is 13.9. The highest BCUT2D eigenvalue weighted by atomic mass is 32.2. The van der Waals surface area contributed by atoms with Gasteiger partial charge >= 0.3 is 0 Å². The number of amides is 1. The molecular weight excluding hydrogens is 490 g/mol. The van der Waals surface area contributed by atoms with Gasteiger partial charge in [-0.2, -0.15) is 0 Å². The van der Waals surface area contributed by atoms with Crippen LogP contribution in [0.25, 0.3) is 16.5 Å². The van der Waals surface area contributed by atoms with Crippen molar-refractivity contribution < 1.29 is 13.2 Å². The summed E-state index contributed by atoms with van der Waals surface area (Å²) >= 11 is 0. The third kappa shape index (κ3) is 5.91. The van der Waals surface area contributed by atoms with Crippen LogP contribution >= 0.6 is 0 Å². The highest BCUT2D eigenvalue weighted by molar-refractivity contribution is 7.88. The first-order valence-electron chi connectivity index (χ1n) is 11.4. The number of benzene rings is 2. The number of nitrogens with one attached hydrogen (secondary N) is 2. The Kier molecular flexibility index (Phi) is 7.47. The monoisotopic (exact) mass is 515 g/mol. The first-order chi connectivity index (χ1) is 17.7. The number of carbonyl (C=O) groups is 1. The van der Waals surface area contributed by atoms with E-state index in [1.165, 1.54) is 12.4 Å². The lowest BCUT2D eigenvalue weighted by Crippen LogP contribution is -2.33. The molecule has 0 unspecified atom stereocenters. The van der Waals surface area contributed by atoms with Gasteiger partial charge in [-0.25, -0.2) is 18.1 Å². The Morgan fingerprint density at radius 1 is 1.08 bits per heavy atom. The predicted molar refractivity (Wildman–Crippen MR) is 142 cm³/mol. The number of nitrogens with zero attached hydrogens (tertiary/aromatic N) is 3. The SMILES string of the molecule is Cc1nccnc1C(=O)N[C@H](C)c1cc2cccc(C#CCNS(C)(=O)=O)c2c(=O)n1-c1ccccc1. The third-order valence-electron chi connectivity index (χ3n) is 5.62. The van der Waals surface area contributed by atoms with Gasteiger partial charge in [0.05, 0.1) is 29.9 Å². The summed E-state index contributed by atoms with van der Waals surface area (Å²) in [7, 11) is -3.38. The van der Waals surface area contributed by atoms with Crippen molar-refractivity contribution in [3.8, 4) is 17.5 Å². The topological polar surface area (TPSA) is 123 Å². The van der Waals surface area contributed by atoms with Crippen LogP contribution in [0.4, 0.5) is 0 Å². The predicted octanol–water partition coefficient (Wildman–Crippen LogP) is 2.48. The van der Waals surface area contributed by atoms with Crippen LogP contribution in [0.15, 0.2) is 71.8 Å². The molecule has 0 saturated carbocycles. The van der Waals surface area contributed by atoms with Crippen LogP contribution in [0.2, 0.25) is 0 Å². The van der Waals surface area contributed by atoms with Gasteiger partial charge in [-0.1, -0.05) is 42.2 Å². The number of para-hydroxylation sites is 1. The van der Waals surface area contributed by atoms with E-state index in [0.717, 1.165) is 6.26 Å². The molecule has 4 rings (SSSR count). The van der Waals surface area contributed by atoms with Gasteiger partial charge in [0, 0.05) is 29.3 Å². The summed E-state index contributed by atoms with van der Waals surface area (Å²) in [5.74, 6) is 5.28. The molecule has 2 aromatic heterocycles. The molecular formula is C27H25N5O4S. The Hall–Kier alpha value is -4.33. The molecule has 0 radical (unpaired) electrons. The first-order valence-corrected chi connectivity index (χ1v) is 13.3. The average molecular weight is 516 g/mol. The molecule has 0 bridgehead atoms. The summed E-state index contributed by atoms with van der Waals surface area (Å²) in [5.41, 5.74) is 2.08. The number of hydrogen-bond donors (Lipinski definition) is 2. The third-order valence-corrected chi connectivity index (χ3v) is 6.29. The first kappa shape index (κ1) is 25.8. The van der Waals surface area contributed by atoms with Crippen LogP contribution in [0.5, 0.6) is 0 Å². The minimum absolute atomic E-state index is 0.0783. The number of fused-ring (bicyclic) bond motifs is 1. The average Bonchev–Trinajstić information content (AvgIpc) is 2.86. The van der Waals surface area contributed by atoms with Crippen molar-refractivity contribution in [3.63, 3.8) is 0 Å². The molecule has 2 heterocycles. The Morgan fingerprint density at radius 3 is 2.51 bits per heavy atom. The zero-order valence-corrected chi connectivity index (χ0v) is 21.3. The quantitative estimate of drug-likeness (QED) is 0.381. The van der Waals surface area contributed by atoms with E-state index in [2.05, 4.69) is 31.8 Å². The van der Waals surface area contributed by atoms with Crippen LogP contribution < -0.4 is 15.6 Å². The molecule has 4 aromatic rings. The summed E-state index contributed by atoms with van der Waals surface area (Å²) < 4.78 is 26.5. The molecule has 188 valence electrons. The maximum absolute atomic E-state index is 13.9. The second kappa shape index (κ2) is 10.7. The molecule has 9 nitrogen and oxygen atoms in total. The summed E-state index contributed by atoms with van der Waals surface area (Å²) in [6.45, 7) is 3.42. The Bertz CT molecular complexity index is 1700. The number of hydrogen-bond acceptors (Lipinski definition) is 6. The van der Waals surface area contributed by atoms with Crippen molar-refractivity contribution in [2.45, 2.75) is 19.9 Å². The molecule has 0 aliphatic carbocycles. The van der Waals surface area contributed by atoms with Crippen LogP contribution in [0, 0.1) is 18.8 Å². The van der Waals surface area contributed by atoms with E-state index in [0.29, 0.717) is 33.4 Å². The molecule has 1 amide bonds. The summed E-state index contributed by atoms with van der Waals surface area (Å²) in [6, 6.07) is 15.7. The van der Waals surface area contributed by atoms with E-state index in [1.807, 2.05) is 36.4 Å². The van der Waals surface area contributed by atoms with Gasteiger partial charge in [0.25, 0.3) is 11.5 Å². The summed E-state index contributed by atoms with van der Waals surface area (Å²) in [5, 5.41) is 3.97. The number of pyridine rings is 1. The molecule has 0 aliphatic rings. The summed E-state index contributed by atoms with van der Waals surface area (Å²) in [4.78, 5) is 35.1. The molecule has 0 saturated heterocycles. The van der Waals surface area contributed by atoms with Gasteiger partial charge in [-0.05, 0) is 43.5 Å². The lowest BCUT2D eigenvalue weighted by molar-refractivity contribution is 0.0932. The highest BCUT2D eigenvalue weighted by Crippen LogP contribution is 2.23. The highest BCUT2D eigenvalue weighted by Gasteiger charge is 2.21. The van der Waals surface area contributed by atoms with E-state index in [9.17, 15) is 18.0 Å². The zero-order valence-electron chi connectivity index (χ0n) is 20.5. The van der Waals surface area contributed by atoms with E-state index < -0.39 is 22.0 Å². The normalized spacial score (nSPS) is 12.0. The Morgan fingerprint density at radius 2 is 1.81 bits per heavy atom. The smallest absolute Gasteiger partial charge is 0.272 e. The van der Waals surface area contributed by atoms with Crippen molar-refractivity contribution in [3.05, 3.63) is 100.0 Å². The Balaban J connectivity index is 1.83. The second-order valence-corrected chi connectivity index (χ2v) is 10.2. The van der Waals surface area contributed by atoms with Crippen molar-refractivity contribution in [2.24, 2.45) is 0 Å². The fourth-order valence-electron chi connectivity index (χ4n) is 3.92. The molecule has 0 spiro atoms. The van der Waals surface area contributed by atoms with Crippen LogP contribution in [-0.2, 0) is 10.0 Å². The maximum Gasteiger partial charge on any atom is 0.272 e. The van der Waals surface area contributed by atoms with E-state index in [4.69, 9.17) is 0 Å². The fraction of sp³-hybridized carbons (Fsp3) is 0.185. The van der Waals surface area contributed by atoms with Crippen LogP contribution in [0.3, 0.4) is 0 Å². The van der Waals surface area contributed by atoms with Gasteiger partial charge in [0.15, 0.2) is 0 Å². The minimum atomic E-state index is -3.38. The number of sulfonamides is 1. The molecule has 37 heavy (non-hydrogen) atoms. The van der Waals surface area contributed by atoms with Gasteiger partial charge < -0.3 is 5.32 Å². The summed E-state index contributed by atoms with van der Waals surface area (Å²) in [6.07, 6.45) is 4.03. The second-order valence-electron chi connectivity index (χ2n) is 8.40. The number of aromatic nitrogens is 3. The van der Waals surface area contributed by atoms with E-state index in [1.54, 1.807) is 36.6 Å². The molecule has 2 N–H and O–H groups in total. The van der Waals surface area contributed by atoms with E-state index >= 15 is 0 Å². The molecule has 10 heteroatoms. The van der Waals surface area contributed by atoms with Crippen LogP contribution in [0.1, 0.15) is 40.4 Å². The Labute approximate surface area is 214 Å². The molecule has 1 atom stereocenters. The van der Waals surface area contributed by atoms with Crippen molar-refractivity contribution in [1.29, 1.82) is 0 Å². The van der Waals surface area contributed by atoms with Crippen molar-refractivity contribution in [2.75, 3.05) is 12.8 Å². The van der Waals surface area contributed by atoms with Crippen molar-refractivity contribution in [1.82, 2.24) is 24.6 Å². The lowest BCUT2D eigenvalue weighted by Gasteiger charge is -2.21. The van der Waals surface area contributed by atoms with Crippen molar-refractivity contribution >= 4 is 26.7 Å². The molecule has 0 aliphatic heterocycles. The molecule has 0 fully saturated rings. The van der Waals surface area contributed by atoms with Gasteiger partial charge in [-0.15, -0.1) is 0 Å². The number of rotatable bonds is 6. The van der Waals surface area contributed by atoms with Crippen LogP contribution in [-0.4, -0.2) is 41.7 Å². The van der Waals surface area contributed by atoms with Gasteiger partial charge in [-0.3, -0.25) is 19.1 Å². The van der Waals surface area contributed by atoms with E-state index in [-0.39, 0.29) is 17.8 Å². The van der Waals surface area contributed by atoms with Gasteiger partial charge in [0.1, 0.15) is 5.69 Å². The minimum Gasteiger partial charge on any atom is -0.343 e.